The molecule has 0 heterocycles. The molecule has 0 aromatic heterocycles. The van der Waals surface area contributed by atoms with Gasteiger partial charge in [0.05, 0.1) is 21.3 Å². The van der Waals surface area contributed by atoms with E-state index >= 15 is 0 Å². The summed E-state index contributed by atoms with van der Waals surface area (Å²) >= 11 is 0. The van der Waals surface area contributed by atoms with Crippen molar-refractivity contribution in [2.75, 3.05) is 0 Å². The van der Waals surface area contributed by atoms with Crippen molar-refractivity contribution in [1.82, 2.24) is 4.72 Å². The quantitative estimate of drug-likeness (QED) is 0.691. The first-order chi connectivity index (χ1) is 11.8. The highest BCUT2D eigenvalue weighted by Crippen LogP contribution is 2.33. The predicted octanol–water partition coefficient (Wildman–Crippen LogP) is 5.16. The molecule has 3 aromatic rings. The minimum Gasteiger partial charge on any atom is -0.242 e. The van der Waals surface area contributed by atoms with E-state index < -0.39 is 16.5 Å². The third-order valence-corrected chi connectivity index (χ3v) is 6.24. The van der Waals surface area contributed by atoms with E-state index in [1.807, 2.05) is 51.1 Å². The molecule has 0 saturated carbocycles. The van der Waals surface area contributed by atoms with Crippen molar-refractivity contribution in [2.45, 2.75) is 38.0 Å². The third kappa shape index (κ3) is 3.68. The molecule has 2 unspecified atom stereocenters. The van der Waals surface area contributed by atoms with E-state index in [1.54, 1.807) is 0 Å². The number of hydrogen-bond acceptors (Lipinski definition) is 1. The van der Waals surface area contributed by atoms with Gasteiger partial charge in [-0.05, 0) is 55.7 Å². The molecule has 0 radical (unpaired) electrons. The summed E-state index contributed by atoms with van der Waals surface area (Å²) < 4.78 is 16.0. The largest absolute Gasteiger partial charge is 0.242 e. The highest BCUT2D eigenvalue weighted by atomic mass is 32.2. The van der Waals surface area contributed by atoms with Crippen LogP contribution >= 0.6 is 0 Å². The van der Waals surface area contributed by atoms with Crippen LogP contribution in [0.25, 0.3) is 10.8 Å². The second kappa shape index (κ2) is 6.74. The van der Waals surface area contributed by atoms with E-state index in [1.165, 1.54) is 10.8 Å². The van der Waals surface area contributed by atoms with Crippen LogP contribution in [-0.4, -0.2) is 8.96 Å². The van der Waals surface area contributed by atoms with Crippen LogP contribution in [0.15, 0.2) is 72.8 Å². The molecule has 0 fully saturated rings. The molecule has 3 aromatic carbocycles. The first kappa shape index (κ1) is 17.8. The monoisotopic (exact) mass is 351 g/mol. The van der Waals surface area contributed by atoms with Gasteiger partial charge in [0.25, 0.3) is 0 Å². The second-order valence-corrected chi connectivity index (χ2v) is 9.50. The topological polar surface area (TPSA) is 29.1 Å². The maximum Gasteiger partial charge on any atom is 0.0981 e. The van der Waals surface area contributed by atoms with Crippen LogP contribution in [0.5, 0.6) is 0 Å². The Morgan fingerprint density at radius 1 is 0.720 bits per heavy atom. The van der Waals surface area contributed by atoms with Gasteiger partial charge in [-0.2, -0.15) is 0 Å². The SMILES string of the molecule is CC(NS(=O)C(C)(C)C)(c1ccccc1)c1ccc2ccccc2c1. The Kier molecular flexibility index (Phi) is 4.81. The van der Waals surface area contributed by atoms with Gasteiger partial charge in [0.1, 0.15) is 0 Å². The van der Waals surface area contributed by atoms with E-state index in [2.05, 4.69) is 54.1 Å². The summed E-state index contributed by atoms with van der Waals surface area (Å²) in [6.07, 6.45) is 0. The summed E-state index contributed by atoms with van der Waals surface area (Å²) in [6, 6.07) is 25.0. The molecule has 1 N–H and O–H groups in total. The molecule has 2 atom stereocenters. The van der Waals surface area contributed by atoms with E-state index in [9.17, 15) is 4.21 Å². The summed E-state index contributed by atoms with van der Waals surface area (Å²) in [4.78, 5) is 0. The fourth-order valence-corrected chi connectivity index (χ4v) is 3.81. The molecule has 0 aliphatic heterocycles. The van der Waals surface area contributed by atoms with E-state index in [0.29, 0.717) is 0 Å². The molecule has 0 amide bonds. The maximum absolute atomic E-state index is 12.9. The fraction of sp³-hybridized carbons (Fsp3) is 0.273. The smallest absolute Gasteiger partial charge is 0.0981 e. The molecule has 0 spiro atoms. The zero-order chi connectivity index (χ0) is 18.1. The van der Waals surface area contributed by atoms with E-state index in [4.69, 9.17) is 0 Å². The van der Waals surface area contributed by atoms with Crippen LogP contribution in [0.2, 0.25) is 0 Å². The van der Waals surface area contributed by atoms with Gasteiger partial charge in [0.2, 0.25) is 0 Å². The molecule has 0 aliphatic carbocycles. The number of benzene rings is 3. The van der Waals surface area contributed by atoms with Crippen LogP contribution in [0, 0.1) is 0 Å². The number of fused-ring (bicyclic) bond motifs is 1. The van der Waals surface area contributed by atoms with Crippen molar-refractivity contribution in [2.24, 2.45) is 0 Å². The summed E-state index contributed by atoms with van der Waals surface area (Å²) in [6.45, 7) is 8.07. The molecule has 25 heavy (non-hydrogen) atoms. The van der Waals surface area contributed by atoms with Crippen molar-refractivity contribution in [3.8, 4) is 0 Å². The average Bonchev–Trinajstić information content (AvgIpc) is 2.61. The second-order valence-electron chi connectivity index (χ2n) is 7.54. The van der Waals surface area contributed by atoms with Gasteiger partial charge < -0.3 is 0 Å². The lowest BCUT2D eigenvalue weighted by atomic mass is 9.85. The lowest BCUT2D eigenvalue weighted by molar-refractivity contribution is 0.525. The minimum atomic E-state index is -1.19. The van der Waals surface area contributed by atoms with Crippen LogP contribution in [0.1, 0.15) is 38.8 Å². The highest BCUT2D eigenvalue weighted by Gasteiger charge is 2.34. The van der Waals surface area contributed by atoms with Crippen molar-refractivity contribution in [3.05, 3.63) is 83.9 Å². The third-order valence-electron chi connectivity index (χ3n) is 4.53. The van der Waals surface area contributed by atoms with Crippen molar-refractivity contribution in [1.29, 1.82) is 0 Å². The molecule has 130 valence electrons. The zero-order valence-corrected chi connectivity index (χ0v) is 16.1. The lowest BCUT2D eigenvalue weighted by Gasteiger charge is -2.34. The van der Waals surface area contributed by atoms with Crippen molar-refractivity contribution >= 4 is 21.8 Å². The van der Waals surface area contributed by atoms with E-state index in [0.717, 1.165) is 11.1 Å². The Morgan fingerprint density at radius 2 is 1.32 bits per heavy atom. The highest BCUT2D eigenvalue weighted by molar-refractivity contribution is 7.84. The predicted molar refractivity (Wildman–Crippen MR) is 108 cm³/mol. The minimum absolute atomic E-state index is 0.340. The summed E-state index contributed by atoms with van der Waals surface area (Å²) in [7, 11) is -1.19. The van der Waals surface area contributed by atoms with Gasteiger partial charge in [0.15, 0.2) is 0 Å². The average molecular weight is 352 g/mol. The summed E-state index contributed by atoms with van der Waals surface area (Å²) in [5.41, 5.74) is 1.67. The van der Waals surface area contributed by atoms with Gasteiger partial charge >= 0.3 is 0 Å². The molecule has 0 saturated heterocycles. The first-order valence-electron chi connectivity index (χ1n) is 8.55. The van der Waals surface area contributed by atoms with Gasteiger partial charge in [-0.15, -0.1) is 0 Å². The number of hydrogen-bond donors (Lipinski definition) is 1. The Morgan fingerprint density at radius 3 is 1.96 bits per heavy atom. The van der Waals surface area contributed by atoms with Gasteiger partial charge in [0, 0.05) is 0 Å². The molecular formula is C22H25NOS. The Bertz CT molecular complexity index is 899. The number of rotatable bonds is 4. The molecule has 0 bridgehead atoms. The lowest BCUT2D eigenvalue weighted by Crippen LogP contribution is -2.46. The Balaban J connectivity index is 2.14. The molecule has 0 aliphatic rings. The van der Waals surface area contributed by atoms with Crippen molar-refractivity contribution < 1.29 is 4.21 Å². The fourth-order valence-electron chi connectivity index (χ4n) is 2.89. The van der Waals surface area contributed by atoms with Gasteiger partial charge in [-0.1, -0.05) is 66.7 Å². The summed E-state index contributed by atoms with van der Waals surface area (Å²) in [5.74, 6) is 0. The van der Waals surface area contributed by atoms with Crippen LogP contribution in [0.4, 0.5) is 0 Å². The number of nitrogens with one attached hydrogen (secondary N) is 1. The first-order valence-corrected chi connectivity index (χ1v) is 9.70. The zero-order valence-electron chi connectivity index (χ0n) is 15.2. The standard InChI is InChI=1S/C22H25NOS/c1-21(2,3)25(24)23-22(4,19-12-6-5-7-13-19)20-15-14-17-10-8-9-11-18(17)16-20/h5-16,23H,1-4H3. The van der Waals surface area contributed by atoms with Crippen LogP contribution < -0.4 is 4.72 Å². The summed E-state index contributed by atoms with van der Waals surface area (Å²) in [5, 5.41) is 2.39. The van der Waals surface area contributed by atoms with Crippen molar-refractivity contribution in [3.63, 3.8) is 0 Å². The maximum atomic E-state index is 12.9. The molecule has 3 rings (SSSR count). The molecular weight excluding hydrogens is 326 g/mol. The van der Waals surface area contributed by atoms with Crippen LogP contribution in [-0.2, 0) is 16.5 Å². The Hall–Kier alpha value is -1.97. The van der Waals surface area contributed by atoms with Gasteiger partial charge in [-0.25, -0.2) is 8.93 Å². The van der Waals surface area contributed by atoms with Crippen LogP contribution in [0.3, 0.4) is 0 Å². The molecule has 3 heteroatoms. The van der Waals surface area contributed by atoms with E-state index in [-0.39, 0.29) is 4.75 Å². The molecule has 2 nitrogen and oxygen atoms in total. The Labute approximate surface area is 152 Å². The van der Waals surface area contributed by atoms with Gasteiger partial charge in [-0.3, -0.25) is 0 Å². The normalized spacial score (nSPS) is 15.7.